The summed E-state index contributed by atoms with van der Waals surface area (Å²) in [5.41, 5.74) is 25.9. The van der Waals surface area contributed by atoms with Gasteiger partial charge in [0.2, 0.25) is 0 Å². The van der Waals surface area contributed by atoms with Gasteiger partial charge in [-0.05, 0) is 159 Å². The van der Waals surface area contributed by atoms with Crippen LogP contribution in [0.2, 0.25) is 0 Å². The molecule has 0 radical (unpaired) electrons. The zero-order chi connectivity index (χ0) is 68.1. The Kier molecular flexibility index (Phi) is 16.7. The number of fused-ring (bicyclic) bond motifs is 4. The van der Waals surface area contributed by atoms with E-state index in [2.05, 4.69) is 277 Å². The van der Waals surface area contributed by atoms with Crippen molar-refractivity contribution in [2.45, 2.75) is 107 Å². The lowest BCUT2D eigenvalue weighted by atomic mass is 9.87. The maximum Gasteiger partial charge on any atom is 0.116 e. The molecule has 4 heterocycles. The second kappa shape index (κ2) is 26.6. The highest BCUT2D eigenvalue weighted by atomic mass is 15.2. The van der Waals surface area contributed by atoms with Crippen LogP contribution in [-0.4, -0.2) is 39.9 Å². The van der Waals surface area contributed by atoms with Crippen molar-refractivity contribution in [2.75, 3.05) is 19.6 Å². The summed E-state index contributed by atoms with van der Waals surface area (Å²) in [6.45, 7) is 18.2. The van der Waals surface area contributed by atoms with Crippen molar-refractivity contribution in [1.29, 1.82) is 0 Å². The summed E-state index contributed by atoms with van der Waals surface area (Å²) in [5.74, 6) is 0. The van der Waals surface area contributed by atoms with Gasteiger partial charge < -0.3 is 19.6 Å². The molecule has 0 saturated carbocycles. The van der Waals surface area contributed by atoms with E-state index in [-0.39, 0.29) is 0 Å². The van der Waals surface area contributed by atoms with Crippen LogP contribution in [0, 0.1) is 0 Å². The number of anilines is 12. The second-order valence-electron chi connectivity index (χ2n) is 25.7. The van der Waals surface area contributed by atoms with E-state index in [9.17, 15) is 0 Å². The minimum Gasteiger partial charge on any atom is -0.309 e. The van der Waals surface area contributed by atoms with Gasteiger partial charge in [-0.3, -0.25) is 0 Å². The summed E-state index contributed by atoms with van der Waals surface area (Å²) < 4.78 is 0. The Bertz CT molecular complexity index is 5050. The molecular formula is C88H78N12. The first-order valence-electron chi connectivity index (χ1n) is 35.5. The smallest absolute Gasteiger partial charge is 0.116 e. The average molecular weight is 1300 g/mol. The van der Waals surface area contributed by atoms with Crippen molar-refractivity contribution in [1.82, 2.24) is 39.9 Å². The molecule has 12 heteroatoms. The van der Waals surface area contributed by atoms with Gasteiger partial charge in [-0.25, -0.2) is 39.9 Å². The normalized spacial score (nSPS) is 11.7. The summed E-state index contributed by atoms with van der Waals surface area (Å²) in [4.78, 5) is 49.2. The largest absolute Gasteiger partial charge is 0.309 e. The predicted molar refractivity (Wildman–Crippen MR) is 416 cm³/mol. The van der Waals surface area contributed by atoms with E-state index in [1.165, 1.54) is 22.3 Å². The number of hydrogen-bond donors (Lipinski definition) is 0. The van der Waals surface area contributed by atoms with Crippen LogP contribution in [0.25, 0.3) is 75.9 Å². The highest BCUT2D eigenvalue weighted by Crippen LogP contribution is 2.58. The first-order chi connectivity index (χ1) is 49.3. The molecule has 0 amide bonds. The van der Waals surface area contributed by atoms with E-state index in [0.29, 0.717) is 0 Å². The number of para-hydroxylation sites is 4. The van der Waals surface area contributed by atoms with Crippen LogP contribution < -0.4 is 19.6 Å². The molecule has 0 saturated heterocycles. The molecular weight excluding hydrogens is 1230 g/mol. The Morgan fingerprint density at radius 1 is 0.250 bits per heavy atom. The van der Waals surface area contributed by atoms with Crippen LogP contribution in [0.15, 0.2) is 232 Å². The van der Waals surface area contributed by atoms with Crippen LogP contribution in [0.5, 0.6) is 0 Å². The van der Waals surface area contributed by atoms with E-state index in [0.717, 1.165) is 218 Å². The SMILES string of the molecule is CCc1cc2cncnc2c(CC)c1N(c1ccccc1)c1cc(N(c2ccccc2)c2c(CC)cc3cncnc3c2CC)c2ccc3c(N(c4ccccc4)c4c(CC)cc5cncnc5c4CC)cc(N(c4ccccc4)c4c(CC)cc5cncnc5c4CC)c4ccc1c2c43. The highest BCUT2D eigenvalue weighted by Gasteiger charge is 2.34. The molecule has 12 nitrogen and oxygen atoms in total. The van der Waals surface area contributed by atoms with Crippen LogP contribution in [0.3, 0.4) is 0 Å². The molecule has 16 aromatic rings. The Morgan fingerprint density at radius 2 is 0.470 bits per heavy atom. The fourth-order valence-electron chi connectivity index (χ4n) is 16.1. The molecule has 0 spiro atoms. The van der Waals surface area contributed by atoms with E-state index in [1.54, 1.807) is 25.3 Å². The lowest BCUT2D eigenvalue weighted by Gasteiger charge is -2.37. The minimum absolute atomic E-state index is 0.728. The molecule has 16 rings (SSSR count). The molecule has 490 valence electrons. The van der Waals surface area contributed by atoms with Crippen LogP contribution in [-0.2, 0) is 51.4 Å². The van der Waals surface area contributed by atoms with Crippen molar-refractivity contribution in [3.05, 3.63) is 277 Å². The number of benzene rings is 12. The van der Waals surface area contributed by atoms with Gasteiger partial charge in [0, 0.05) is 124 Å². The molecule has 0 aliphatic rings. The van der Waals surface area contributed by atoms with Crippen LogP contribution >= 0.6 is 0 Å². The molecule has 0 atom stereocenters. The van der Waals surface area contributed by atoms with Crippen molar-refractivity contribution >= 4 is 144 Å². The maximum atomic E-state index is 5.13. The molecule has 0 N–H and O–H groups in total. The quantitative estimate of drug-likeness (QED) is 0.0677. The van der Waals surface area contributed by atoms with Gasteiger partial charge in [0.15, 0.2) is 0 Å². The molecule has 0 fully saturated rings. The van der Waals surface area contributed by atoms with Crippen LogP contribution in [0.1, 0.15) is 99.9 Å². The molecule has 4 aromatic heterocycles. The molecule has 100 heavy (non-hydrogen) atoms. The first-order valence-corrected chi connectivity index (χ1v) is 35.5. The lowest BCUT2D eigenvalue weighted by Crippen LogP contribution is -2.19. The van der Waals surface area contributed by atoms with Gasteiger partial charge in [-0.15, -0.1) is 0 Å². The molecule has 0 unspecified atom stereocenters. The topological polar surface area (TPSA) is 116 Å². The standard InChI is InChI=1S/C88H78N12/c1-9-55-41-59-47-89-51-93-81(59)67(13-5)85(55)97(63-29-21-17-22-30-63)75-45-76(98(64-31-23-18-24-32-64)86-56(10-2)42-60-48-90-52-94-82(60)68(86)14-6)72-39-40-74-78(100(66-35-27-20-28-36-66)88-58(12-4)44-62-50-92-54-96-84(62)70(88)16-8)46-77(73-38-37-71(75)79(72)80(73)74)99(65-33-25-19-26-34-65)87-57(11-3)43-61-49-91-53-95-83(61)69(87)15-7/h17-54H,9-16H2,1-8H3. The second-order valence-corrected chi connectivity index (χ2v) is 25.7. The predicted octanol–water partition coefficient (Wildman–Crippen LogP) is 22.7. The Hall–Kier alpha value is -11.8. The first kappa shape index (κ1) is 63.0. The molecule has 12 aromatic carbocycles. The molecule has 0 aliphatic carbocycles. The fourth-order valence-corrected chi connectivity index (χ4v) is 16.1. The van der Waals surface area contributed by atoms with Gasteiger partial charge in [0.05, 0.1) is 67.6 Å². The third-order valence-electron chi connectivity index (χ3n) is 20.4. The van der Waals surface area contributed by atoms with E-state index < -0.39 is 0 Å². The summed E-state index contributed by atoms with van der Waals surface area (Å²) in [6, 6.07) is 68.0. The zero-order valence-corrected chi connectivity index (χ0v) is 58.0. The summed E-state index contributed by atoms with van der Waals surface area (Å²) in [5, 5.41) is 10.7. The van der Waals surface area contributed by atoms with Crippen LogP contribution in [0.4, 0.5) is 68.2 Å². The third kappa shape index (κ3) is 10.3. The van der Waals surface area contributed by atoms with Gasteiger partial charge in [-0.2, -0.15) is 0 Å². The number of aromatic nitrogens is 8. The molecule has 0 aliphatic heterocycles. The fraction of sp³-hybridized carbons (Fsp3) is 0.182. The Morgan fingerprint density at radius 3 is 0.670 bits per heavy atom. The summed E-state index contributed by atoms with van der Waals surface area (Å²) in [6.07, 6.45) is 20.7. The van der Waals surface area contributed by atoms with Crippen molar-refractivity contribution in [3.63, 3.8) is 0 Å². The monoisotopic (exact) mass is 1300 g/mol. The number of nitrogens with zero attached hydrogens (tertiary/aromatic N) is 12. The molecule has 0 bridgehead atoms. The third-order valence-corrected chi connectivity index (χ3v) is 20.4. The van der Waals surface area contributed by atoms with Crippen molar-refractivity contribution in [2.24, 2.45) is 0 Å². The van der Waals surface area contributed by atoms with Gasteiger partial charge in [-0.1, -0.05) is 152 Å². The Labute approximate surface area is 583 Å². The van der Waals surface area contributed by atoms with E-state index >= 15 is 0 Å². The number of rotatable bonds is 20. The van der Waals surface area contributed by atoms with Gasteiger partial charge in [0.1, 0.15) is 25.3 Å². The minimum atomic E-state index is 0.728. The average Bonchev–Trinajstić information content (AvgIpc) is 0.694. The van der Waals surface area contributed by atoms with E-state index in [4.69, 9.17) is 19.9 Å². The van der Waals surface area contributed by atoms with Gasteiger partial charge >= 0.3 is 0 Å². The Balaban J connectivity index is 1.16. The van der Waals surface area contributed by atoms with Crippen molar-refractivity contribution < 1.29 is 0 Å². The van der Waals surface area contributed by atoms with Crippen molar-refractivity contribution in [3.8, 4) is 0 Å². The zero-order valence-electron chi connectivity index (χ0n) is 58.0. The maximum absolute atomic E-state index is 5.13. The highest BCUT2D eigenvalue weighted by molar-refractivity contribution is 6.33. The number of hydrogen-bond acceptors (Lipinski definition) is 12. The summed E-state index contributed by atoms with van der Waals surface area (Å²) in [7, 11) is 0. The lowest BCUT2D eigenvalue weighted by molar-refractivity contribution is 1.06. The number of aryl methyl sites for hydroxylation is 8. The van der Waals surface area contributed by atoms with E-state index in [1.807, 2.05) is 24.8 Å². The summed E-state index contributed by atoms with van der Waals surface area (Å²) >= 11 is 0. The van der Waals surface area contributed by atoms with Gasteiger partial charge in [0.25, 0.3) is 0 Å².